The van der Waals surface area contributed by atoms with Crippen LogP contribution in [-0.2, 0) is 9.47 Å². The normalized spacial score (nSPS) is 9.70. The zero-order chi connectivity index (χ0) is 7.98. The molecule has 0 fully saturated rings. The van der Waals surface area contributed by atoms with Crippen LogP contribution in [0.1, 0.15) is 13.8 Å². The van der Waals surface area contributed by atoms with Gasteiger partial charge in [0.1, 0.15) is 10.8 Å². The van der Waals surface area contributed by atoms with E-state index in [1.165, 1.54) is 6.26 Å². The predicted molar refractivity (Wildman–Crippen MR) is 42.0 cm³/mol. The number of hydrogen-bond donors (Lipinski definition) is 0. The van der Waals surface area contributed by atoms with Gasteiger partial charge < -0.3 is 9.47 Å². The summed E-state index contributed by atoms with van der Waals surface area (Å²) < 4.78 is 9.86. The van der Waals surface area contributed by atoms with Crippen molar-refractivity contribution in [2.24, 2.45) is 0 Å². The Hall–Kier alpha value is 0.0800. The SMILES string of the molecule is CC(C)OCOC=C(Cl)Cl. The average molecular weight is 185 g/mol. The Bertz CT molecular complexity index is 108. The molecule has 0 aromatic rings. The van der Waals surface area contributed by atoms with Crippen molar-refractivity contribution in [2.45, 2.75) is 20.0 Å². The van der Waals surface area contributed by atoms with E-state index in [9.17, 15) is 0 Å². The molecule has 60 valence electrons. The lowest BCUT2D eigenvalue weighted by Crippen LogP contribution is -2.04. The minimum atomic E-state index is 0.0901. The average Bonchev–Trinajstić information content (AvgIpc) is 1.79. The third kappa shape index (κ3) is 8.08. The van der Waals surface area contributed by atoms with Crippen molar-refractivity contribution in [2.75, 3.05) is 6.79 Å². The molecule has 0 heterocycles. The molecular formula is C6H10Cl2O2. The molecule has 2 nitrogen and oxygen atoms in total. The van der Waals surface area contributed by atoms with Crippen LogP contribution >= 0.6 is 23.2 Å². The summed E-state index contributed by atoms with van der Waals surface area (Å²) in [6.45, 7) is 4.01. The van der Waals surface area contributed by atoms with Crippen LogP contribution in [0.4, 0.5) is 0 Å². The standard InChI is InChI=1S/C6H10Cl2O2/c1-5(2)10-4-9-3-6(7)8/h3,5H,4H2,1-2H3. The topological polar surface area (TPSA) is 18.5 Å². The Kier molecular flexibility index (Phi) is 5.88. The largest absolute Gasteiger partial charge is 0.473 e. The van der Waals surface area contributed by atoms with E-state index in [2.05, 4.69) is 0 Å². The van der Waals surface area contributed by atoms with Crippen LogP contribution in [0.3, 0.4) is 0 Å². The van der Waals surface area contributed by atoms with Gasteiger partial charge in [0.2, 0.25) is 0 Å². The van der Waals surface area contributed by atoms with Gasteiger partial charge in [0, 0.05) is 0 Å². The molecule has 0 amide bonds. The zero-order valence-corrected chi connectivity index (χ0v) is 7.45. The van der Waals surface area contributed by atoms with Crippen molar-refractivity contribution in [3.05, 3.63) is 10.8 Å². The first-order chi connectivity index (χ1) is 4.63. The molecule has 0 aromatic carbocycles. The van der Waals surface area contributed by atoms with Gasteiger partial charge in [0.15, 0.2) is 6.79 Å². The summed E-state index contributed by atoms with van der Waals surface area (Å²) in [4.78, 5) is 0. The first-order valence-electron chi connectivity index (χ1n) is 2.87. The minimum absolute atomic E-state index is 0.0901. The van der Waals surface area contributed by atoms with Crippen molar-refractivity contribution < 1.29 is 9.47 Å². The highest BCUT2D eigenvalue weighted by Crippen LogP contribution is 2.05. The second kappa shape index (κ2) is 5.83. The number of rotatable bonds is 4. The van der Waals surface area contributed by atoms with Crippen molar-refractivity contribution in [3.8, 4) is 0 Å². The molecule has 0 radical (unpaired) electrons. The third-order valence-electron chi connectivity index (χ3n) is 0.642. The number of ether oxygens (including phenoxy) is 2. The number of hydrogen-bond acceptors (Lipinski definition) is 2. The van der Waals surface area contributed by atoms with Gasteiger partial charge in [0.05, 0.1) is 6.10 Å². The summed E-state index contributed by atoms with van der Waals surface area (Å²) >= 11 is 10.5. The Balaban J connectivity index is 3.13. The van der Waals surface area contributed by atoms with Crippen LogP contribution < -0.4 is 0 Å². The van der Waals surface area contributed by atoms with E-state index in [1.807, 2.05) is 13.8 Å². The smallest absolute Gasteiger partial charge is 0.188 e. The highest BCUT2D eigenvalue weighted by atomic mass is 35.5. The molecule has 0 aromatic heterocycles. The van der Waals surface area contributed by atoms with Crippen LogP contribution in [0.25, 0.3) is 0 Å². The monoisotopic (exact) mass is 184 g/mol. The molecule has 0 saturated heterocycles. The molecule has 10 heavy (non-hydrogen) atoms. The van der Waals surface area contributed by atoms with Crippen molar-refractivity contribution >= 4 is 23.2 Å². The van der Waals surface area contributed by atoms with Crippen molar-refractivity contribution in [1.29, 1.82) is 0 Å². The molecule has 0 N–H and O–H groups in total. The van der Waals surface area contributed by atoms with Gasteiger partial charge in [-0.25, -0.2) is 0 Å². The lowest BCUT2D eigenvalue weighted by Gasteiger charge is -2.05. The van der Waals surface area contributed by atoms with E-state index in [-0.39, 0.29) is 17.4 Å². The van der Waals surface area contributed by atoms with Gasteiger partial charge in [-0.3, -0.25) is 0 Å². The molecule has 0 aliphatic heterocycles. The van der Waals surface area contributed by atoms with Crippen LogP contribution in [0.2, 0.25) is 0 Å². The fraction of sp³-hybridized carbons (Fsp3) is 0.667. The van der Waals surface area contributed by atoms with Gasteiger partial charge in [-0.1, -0.05) is 23.2 Å². The lowest BCUT2D eigenvalue weighted by molar-refractivity contribution is -0.0425. The van der Waals surface area contributed by atoms with E-state index < -0.39 is 0 Å². The fourth-order valence-electron chi connectivity index (χ4n) is 0.272. The third-order valence-corrected chi connectivity index (χ3v) is 0.820. The molecule has 0 atom stereocenters. The maximum absolute atomic E-state index is 5.24. The summed E-state index contributed by atoms with van der Waals surface area (Å²) in [7, 11) is 0. The van der Waals surface area contributed by atoms with E-state index >= 15 is 0 Å². The van der Waals surface area contributed by atoms with E-state index in [0.29, 0.717) is 0 Å². The first kappa shape index (κ1) is 10.1. The molecule has 0 aliphatic carbocycles. The molecule has 0 aliphatic rings. The first-order valence-corrected chi connectivity index (χ1v) is 3.63. The van der Waals surface area contributed by atoms with Gasteiger partial charge in [0.25, 0.3) is 0 Å². The molecular weight excluding hydrogens is 175 g/mol. The second-order valence-corrected chi connectivity index (χ2v) is 2.92. The van der Waals surface area contributed by atoms with Gasteiger partial charge in [-0.2, -0.15) is 0 Å². The molecule has 0 unspecified atom stereocenters. The van der Waals surface area contributed by atoms with E-state index in [1.54, 1.807) is 0 Å². The molecule has 0 spiro atoms. The highest BCUT2D eigenvalue weighted by molar-refractivity contribution is 6.55. The summed E-state index contributed by atoms with van der Waals surface area (Å²) in [6.07, 6.45) is 1.38. The minimum Gasteiger partial charge on any atom is -0.473 e. The molecule has 0 rings (SSSR count). The van der Waals surface area contributed by atoms with E-state index in [4.69, 9.17) is 32.7 Å². The van der Waals surface area contributed by atoms with Gasteiger partial charge in [-0.15, -0.1) is 0 Å². The van der Waals surface area contributed by atoms with Crippen LogP contribution in [0.5, 0.6) is 0 Å². The summed E-state index contributed by atoms with van der Waals surface area (Å²) in [5.74, 6) is 0. The molecule has 0 bridgehead atoms. The van der Waals surface area contributed by atoms with Gasteiger partial charge in [-0.05, 0) is 13.8 Å². The Labute approximate surface area is 70.7 Å². The summed E-state index contributed by atoms with van der Waals surface area (Å²) in [5, 5.41) is 0. The van der Waals surface area contributed by atoms with Crippen molar-refractivity contribution in [1.82, 2.24) is 0 Å². The Morgan fingerprint density at radius 2 is 2.10 bits per heavy atom. The Morgan fingerprint density at radius 1 is 1.50 bits per heavy atom. The maximum atomic E-state index is 5.24. The number of halogens is 2. The maximum Gasteiger partial charge on any atom is 0.188 e. The molecule has 4 heteroatoms. The second-order valence-electron chi connectivity index (χ2n) is 1.91. The quantitative estimate of drug-likeness (QED) is 0.380. The fourth-order valence-corrected chi connectivity index (χ4v) is 0.398. The van der Waals surface area contributed by atoms with Crippen LogP contribution in [0, 0.1) is 0 Å². The Morgan fingerprint density at radius 3 is 2.50 bits per heavy atom. The molecule has 0 saturated carbocycles. The summed E-state index contributed by atoms with van der Waals surface area (Å²) in [5.41, 5.74) is 0. The van der Waals surface area contributed by atoms with Crippen LogP contribution in [0.15, 0.2) is 10.8 Å². The lowest BCUT2D eigenvalue weighted by atomic mass is 10.5. The van der Waals surface area contributed by atoms with E-state index in [0.717, 1.165) is 0 Å². The summed E-state index contributed by atoms with van der Waals surface area (Å²) in [6, 6.07) is 0. The van der Waals surface area contributed by atoms with Crippen molar-refractivity contribution in [3.63, 3.8) is 0 Å². The van der Waals surface area contributed by atoms with Gasteiger partial charge >= 0.3 is 0 Å². The highest BCUT2D eigenvalue weighted by Gasteiger charge is 1.90. The predicted octanol–water partition coefficient (Wildman–Crippen LogP) is 2.66. The zero-order valence-electron chi connectivity index (χ0n) is 5.93. The van der Waals surface area contributed by atoms with Crippen LogP contribution in [-0.4, -0.2) is 12.9 Å².